The summed E-state index contributed by atoms with van der Waals surface area (Å²) < 4.78 is 1.49. The van der Waals surface area contributed by atoms with Gasteiger partial charge in [-0.05, 0) is 23.3 Å². The molecule has 0 amide bonds. The molecule has 0 spiro atoms. The predicted molar refractivity (Wildman–Crippen MR) is 98.0 cm³/mol. The van der Waals surface area contributed by atoms with Gasteiger partial charge in [0.1, 0.15) is 0 Å². The molecule has 0 aliphatic heterocycles. The SMILES string of the molecule is O=C(O)/C(Cc1ccccc1Br)=C(\Cc1ccccc1Br)C(=O)O. The van der Waals surface area contributed by atoms with Crippen LogP contribution in [0.5, 0.6) is 0 Å². The molecule has 24 heavy (non-hydrogen) atoms. The Morgan fingerprint density at radius 1 is 0.708 bits per heavy atom. The van der Waals surface area contributed by atoms with E-state index in [1.807, 2.05) is 12.1 Å². The number of hydrogen-bond acceptors (Lipinski definition) is 2. The van der Waals surface area contributed by atoms with Gasteiger partial charge in [0, 0.05) is 21.8 Å². The Morgan fingerprint density at radius 2 is 1.04 bits per heavy atom. The van der Waals surface area contributed by atoms with Crippen molar-refractivity contribution < 1.29 is 19.8 Å². The smallest absolute Gasteiger partial charge is 0.332 e. The Balaban J connectivity index is 2.48. The summed E-state index contributed by atoms with van der Waals surface area (Å²) in [5.74, 6) is -2.45. The number of aliphatic carboxylic acids is 2. The predicted octanol–water partition coefficient (Wildman–Crippen LogP) is 4.46. The lowest BCUT2D eigenvalue weighted by Crippen LogP contribution is -2.15. The number of carboxylic acids is 2. The van der Waals surface area contributed by atoms with Crippen molar-refractivity contribution in [1.82, 2.24) is 0 Å². The van der Waals surface area contributed by atoms with Gasteiger partial charge in [-0.1, -0.05) is 68.3 Å². The van der Waals surface area contributed by atoms with Gasteiger partial charge in [0.05, 0.1) is 11.1 Å². The molecular formula is C18H14Br2O4. The van der Waals surface area contributed by atoms with E-state index in [0.717, 1.165) is 20.1 Å². The van der Waals surface area contributed by atoms with Crippen LogP contribution < -0.4 is 0 Å². The molecule has 2 aromatic rings. The lowest BCUT2D eigenvalue weighted by molar-refractivity contribution is -0.136. The molecular weight excluding hydrogens is 440 g/mol. The highest BCUT2D eigenvalue weighted by Gasteiger charge is 2.22. The van der Waals surface area contributed by atoms with Gasteiger partial charge in [-0.2, -0.15) is 0 Å². The molecule has 2 N–H and O–H groups in total. The van der Waals surface area contributed by atoms with Gasteiger partial charge in [0.25, 0.3) is 0 Å². The molecule has 124 valence electrons. The van der Waals surface area contributed by atoms with Crippen LogP contribution in [0.1, 0.15) is 11.1 Å². The number of benzene rings is 2. The lowest BCUT2D eigenvalue weighted by atomic mass is 9.95. The molecule has 2 rings (SSSR count). The van der Waals surface area contributed by atoms with Gasteiger partial charge in [-0.15, -0.1) is 0 Å². The monoisotopic (exact) mass is 452 g/mol. The van der Waals surface area contributed by atoms with Gasteiger partial charge in [0.15, 0.2) is 0 Å². The van der Waals surface area contributed by atoms with E-state index < -0.39 is 11.9 Å². The number of halogens is 2. The van der Waals surface area contributed by atoms with Crippen LogP contribution in [0.4, 0.5) is 0 Å². The maximum absolute atomic E-state index is 11.7. The topological polar surface area (TPSA) is 74.6 Å². The van der Waals surface area contributed by atoms with Gasteiger partial charge in [-0.25, -0.2) is 9.59 Å². The molecule has 0 aliphatic rings. The van der Waals surface area contributed by atoms with E-state index >= 15 is 0 Å². The maximum Gasteiger partial charge on any atom is 0.332 e. The van der Waals surface area contributed by atoms with Crippen molar-refractivity contribution in [2.24, 2.45) is 0 Å². The summed E-state index contributed by atoms with van der Waals surface area (Å²) in [6, 6.07) is 14.3. The molecule has 0 bridgehead atoms. The highest BCUT2D eigenvalue weighted by Crippen LogP contribution is 2.25. The van der Waals surface area contributed by atoms with Gasteiger partial charge < -0.3 is 10.2 Å². The van der Waals surface area contributed by atoms with E-state index in [1.54, 1.807) is 36.4 Å². The van der Waals surface area contributed by atoms with Crippen LogP contribution in [0, 0.1) is 0 Å². The van der Waals surface area contributed by atoms with Crippen molar-refractivity contribution in [3.8, 4) is 0 Å². The molecule has 0 saturated heterocycles. The van der Waals surface area contributed by atoms with E-state index in [9.17, 15) is 19.8 Å². The van der Waals surface area contributed by atoms with Crippen LogP contribution in [0.2, 0.25) is 0 Å². The van der Waals surface area contributed by atoms with Gasteiger partial charge in [-0.3, -0.25) is 0 Å². The highest BCUT2D eigenvalue weighted by molar-refractivity contribution is 9.10. The minimum Gasteiger partial charge on any atom is -0.478 e. The third-order valence-electron chi connectivity index (χ3n) is 3.53. The first-order valence-corrected chi connectivity index (χ1v) is 8.64. The molecule has 0 radical (unpaired) electrons. The van der Waals surface area contributed by atoms with Crippen molar-refractivity contribution in [3.05, 3.63) is 79.7 Å². The number of carboxylic acid groups (broad SMARTS) is 2. The second-order valence-corrected chi connectivity index (χ2v) is 6.81. The summed E-state index contributed by atoms with van der Waals surface area (Å²) in [4.78, 5) is 23.4. The third kappa shape index (κ3) is 4.55. The molecule has 0 unspecified atom stereocenters. The first kappa shape index (κ1) is 18.4. The normalized spacial score (nSPS) is 11.8. The molecule has 0 heterocycles. The molecule has 0 aromatic heterocycles. The van der Waals surface area contributed by atoms with Crippen LogP contribution in [-0.2, 0) is 22.4 Å². The largest absolute Gasteiger partial charge is 0.478 e. The van der Waals surface area contributed by atoms with Crippen LogP contribution in [0.15, 0.2) is 68.6 Å². The summed E-state index contributed by atoms with van der Waals surface area (Å²) >= 11 is 6.74. The van der Waals surface area contributed by atoms with Crippen molar-refractivity contribution in [1.29, 1.82) is 0 Å². The molecule has 4 nitrogen and oxygen atoms in total. The van der Waals surface area contributed by atoms with E-state index in [2.05, 4.69) is 31.9 Å². The Morgan fingerprint density at radius 3 is 1.33 bits per heavy atom. The van der Waals surface area contributed by atoms with E-state index in [1.165, 1.54) is 0 Å². The fourth-order valence-corrected chi connectivity index (χ4v) is 3.14. The van der Waals surface area contributed by atoms with Crippen molar-refractivity contribution in [2.45, 2.75) is 12.8 Å². The van der Waals surface area contributed by atoms with Crippen molar-refractivity contribution in [3.63, 3.8) is 0 Å². The fourth-order valence-electron chi connectivity index (χ4n) is 2.29. The van der Waals surface area contributed by atoms with Crippen LogP contribution >= 0.6 is 31.9 Å². The zero-order valence-corrected chi connectivity index (χ0v) is 15.7. The quantitative estimate of drug-likeness (QED) is 0.633. The number of rotatable bonds is 6. The van der Waals surface area contributed by atoms with Crippen molar-refractivity contribution >= 4 is 43.8 Å². The Bertz CT molecular complexity index is 745. The second kappa shape index (κ2) is 8.26. The van der Waals surface area contributed by atoms with E-state index in [0.29, 0.717) is 0 Å². The van der Waals surface area contributed by atoms with E-state index in [-0.39, 0.29) is 24.0 Å². The average molecular weight is 454 g/mol. The Hall–Kier alpha value is -1.92. The number of carbonyl (C=O) groups is 2. The molecule has 0 saturated carbocycles. The molecule has 2 aromatic carbocycles. The average Bonchev–Trinajstić information content (AvgIpc) is 2.53. The second-order valence-electron chi connectivity index (χ2n) is 5.10. The highest BCUT2D eigenvalue weighted by atomic mass is 79.9. The van der Waals surface area contributed by atoms with Crippen LogP contribution in [0.25, 0.3) is 0 Å². The zero-order valence-electron chi connectivity index (χ0n) is 12.5. The van der Waals surface area contributed by atoms with Crippen LogP contribution in [-0.4, -0.2) is 22.2 Å². The van der Waals surface area contributed by atoms with Gasteiger partial charge >= 0.3 is 11.9 Å². The molecule has 0 fully saturated rings. The van der Waals surface area contributed by atoms with E-state index in [4.69, 9.17) is 0 Å². The van der Waals surface area contributed by atoms with Crippen LogP contribution in [0.3, 0.4) is 0 Å². The minimum atomic E-state index is -1.23. The Labute approximate surface area is 156 Å². The lowest BCUT2D eigenvalue weighted by Gasteiger charge is -2.11. The summed E-state index contributed by atoms with van der Waals surface area (Å²) in [5, 5.41) is 19.1. The molecule has 0 atom stereocenters. The minimum absolute atomic E-state index is 0.0306. The molecule has 0 aliphatic carbocycles. The number of hydrogen-bond donors (Lipinski definition) is 2. The van der Waals surface area contributed by atoms with Crippen molar-refractivity contribution in [2.75, 3.05) is 0 Å². The Kier molecular flexibility index (Phi) is 6.34. The first-order chi connectivity index (χ1) is 11.4. The summed E-state index contributed by atoms with van der Waals surface area (Å²) in [6.45, 7) is 0. The summed E-state index contributed by atoms with van der Waals surface area (Å²) in [7, 11) is 0. The van der Waals surface area contributed by atoms with Gasteiger partial charge in [0.2, 0.25) is 0 Å². The summed E-state index contributed by atoms with van der Waals surface area (Å²) in [6.07, 6.45) is 0.0612. The standard InChI is InChI=1S/C18H14Br2O4/c19-15-7-3-1-5-11(15)9-13(17(21)22)14(18(23)24)10-12-6-2-4-8-16(12)20/h1-8H,9-10H2,(H,21,22)(H,23,24)/b14-13+. The first-order valence-electron chi connectivity index (χ1n) is 7.05. The molecule has 6 heteroatoms. The fraction of sp³-hybridized carbons (Fsp3) is 0.111. The zero-order chi connectivity index (χ0) is 17.7. The third-order valence-corrected chi connectivity index (χ3v) is 5.08. The summed E-state index contributed by atoms with van der Waals surface area (Å²) in [5.41, 5.74) is 1.21. The maximum atomic E-state index is 11.7.